The van der Waals surface area contributed by atoms with Crippen molar-refractivity contribution in [1.82, 2.24) is 15.2 Å². The first-order chi connectivity index (χ1) is 17.5. The van der Waals surface area contributed by atoms with Gasteiger partial charge in [0.2, 0.25) is 5.91 Å². The van der Waals surface area contributed by atoms with Crippen LogP contribution in [0.3, 0.4) is 0 Å². The number of carbonyl (C=O) groups is 1. The van der Waals surface area contributed by atoms with Crippen LogP contribution >= 0.6 is 28.1 Å². The highest BCUT2D eigenvalue weighted by Gasteiger charge is 2.41. The van der Waals surface area contributed by atoms with Crippen molar-refractivity contribution in [2.45, 2.75) is 18.5 Å². The molecule has 182 valence electrons. The van der Waals surface area contributed by atoms with Gasteiger partial charge in [0.05, 0.1) is 11.7 Å². The van der Waals surface area contributed by atoms with Crippen LogP contribution in [0.25, 0.3) is 11.3 Å². The first kappa shape index (κ1) is 24.1. The summed E-state index contributed by atoms with van der Waals surface area (Å²) in [5, 5.41) is 6.68. The third-order valence-corrected chi connectivity index (χ3v) is 6.83. The van der Waals surface area contributed by atoms with Crippen LogP contribution < -0.4 is 10.6 Å². The number of carbonyl (C=O) groups excluding carboxylic acids is 1. The molecule has 9 heteroatoms. The van der Waals surface area contributed by atoms with E-state index in [0.29, 0.717) is 17.3 Å². The molecule has 2 aromatic carbocycles. The van der Waals surface area contributed by atoms with Crippen molar-refractivity contribution in [3.8, 4) is 11.3 Å². The van der Waals surface area contributed by atoms with Gasteiger partial charge in [-0.3, -0.25) is 9.78 Å². The maximum Gasteiger partial charge on any atom is 0.226 e. The van der Waals surface area contributed by atoms with Crippen molar-refractivity contribution in [3.05, 3.63) is 107 Å². The van der Waals surface area contributed by atoms with Crippen molar-refractivity contribution in [3.63, 3.8) is 0 Å². The Morgan fingerprint density at radius 2 is 1.86 bits per heavy atom. The number of nitrogens with zero attached hydrogens (tertiary/aromatic N) is 2. The number of anilines is 1. The molecule has 2 aromatic heterocycles. The van der Waals surface area contributed by atoms with Gasteiger partial charge in [-0.2, -0.15) is 0 Å². The predicted octanol–water partition coefficient (Wildman–Crippen LogP) is 6.24. The van der Waals surface area contributed by atoms with E-state index < -0.39 is 0 Å². The third-order valence-electron chi connectivity index (χ3n) is 5.95. The summed E-state index contributed by atoms with van der Waals surface area (Å²) in [5.74, 6) is 0.907. The van der Waals surface area contributed by atoms with E-state index in [2.05, 4.69) is 31.5 Å². The SMILES string of the molecule is O=C(CCN1C(=S)NC(c2ccccn2)C1c1ccc(-c2ccc(Br)cc2)o1)Nc1ccc(F)cc1. The van der Waals surface area contributed by atoms with E-state index in [4.69, 9.17) is 16.6 Å². The Bertz CT molecular complexity index is 1360. The fraction of sp³-hybridized carbons (Fsp3) is 0.148. The van der Waals surface area contributed by atoms with Gasteiger partial charge in [0.1, 0.15) is 23.4 Å². The molecular weight excluding hydrogens is 543 g/mol. The summed E-state index contributed by atoms with van der Waals surface area (Å²) in [6, 6.07) is 22.6. The molecule has 0 aliphatic carbocycles. The average molecular weight is 565 g/mol. The number of halogens is 2. The summed E-state index contributed by atoms with van der Waals surface area (Å²) >= 11 is 9.13. The molecule has 1 amide bonds. The second-order valence-corrected chi connectivity index (χ2v) is 9.64. The molecule has 3 heterocycles. The standard InChI is InChI=1S/C27H22BrFN4O2S/c28-18-6-4-17(5-7-18)22-12-13-23(35-22)26-25(21-3-1-2-15-30-21)32-27(36)33(26)16-14-24(34)31-20-10-8-19(29)9-11-20/h1-13,15,25-26H,14,16H2,(H,31,34)(H,32,36). The van der Waals surface area contributed by atoms with E-state index in [9.17, 15) is 9.18 Å². The predicted molar refractivity (Wildman–Crippen MR) is 144 cm³/mol. The van der Waals surface area contributed by atoms with Crippen LogP contribution in [0.1, 0.15) is 30.0 Å². The highest BCUT2D eigenvalue weighted by atomic mass is 79.9. The van der Waals surface area contributed by atoms with Crippen molar-refractivity contribution in [2.24, 2.45) is 0 Å². The fourth-order valence-corrected chi connectivity index (χ4v) is 4.81. The van der Waals surface area contributed by atoms with Crippen LogP contribution in [0, 0.1) is 5.82 Å². The Balaban J connectivity index is 1.38. The molecule has 2 atom stereocenters. The lowest BCUT2D eigenvalue weighted by Crippen LogP contribution is -2.32. The number of benzene rings is 2. The van der Waals surface area contributed by atoms with Crippen LogP contribution in [0.5, 0.6) is 0 Å². The van der Waals surface area contributed by atoms with Gasteiger partial charge in [0, 0.05) is 34.9 Å². The molecule has 2 unspecified atom stereocenters. The summed E-state index contributed by atoms with van der Waals surface area (Å²) in [7, 11) is 0. The largest absolute Gasteiger partial charge is 0.459 e. The smallest absolute Gasteiger partial charge is 0.226 e. The van der Waals surface area contributed by atoms with Gasteiger partial charge in [-0.05, 0) is 72.9 Å². The lowest BCUT2D eigenvalue weighted by molar-refractivity contribution is -0.116. The van der Waals surface area contributed by atoms with E-state index >= 15 is 0 Å². The van der Waals surface area contributed by atoms with Gasteiger partial charge in [-0.1, -0.05) is 34.1 Å². The van der Waals surface area contributed by atoms with Gasteiger partial charge < -0.3 is 20.0 Å². The Kier molecular flexibility index (Phi) is 7.11. The quantitative estimate of drug-likeness (QED) is 0.259. The number of amides is 1. The molecule has 0 radical (unpaired) electrons. The molecule has 5 rings (SSSR count). The minimum atomic E-state index is -0.356. The van der Waals surface area contributed by atoms with Gasteiger partial charge in [0.25, 0.3) is 0 Å². The second-order valence-electron chi connectivity index (χ2n) is 8.33. The van der Waals surface area contributed by atoms with Gasteiger partial charge in [-0.25, -0.2) is 4.39 Å². The maximum atomic E-state index is 13.2. The van der Waals surface area contributed by atoms with Crippen LogP contribution in [-0.2, 0) is 4.79 Å². The lowest BCUT2D eigenvalue weighted by atomic mass is 10.0. The summed E-state index contributed by atoms with van der Waals surface area (Å²) in [5.41, 5.74) is 2.32. The molecule has 1 saturated heterocycles. The molecule has 1 aliphatic rings. The zero-order valence-electron chi connectivity index (χ0n) is 19.0. The normalized spacial score (nSPS) is 17.2. The van der Waals surface area contributed by atoms with Gasteiger partial charge in [-0.15, -0.1) is 0 Å². The Morgan fingerprint density at radius 1 is 1.08 bits per heavy atom. The summed E-state index contributed by atoms with van der Waals surface area (Å²) < 4.78 is 20.5. The number of rotatable bonds is 7. The molecule has 0 saturated carbocycles. The first-order valence-corrected chi connectivity index (χ1v) is 12.6. The maximum absolute atomic E-state index is 13.2. The minimum Gasteiger partial charge on any atom is -0.459 e. The van der Waals surface area contributed by atoms with Crippen LogP contribution in [-0.4, -0.2) is 27.4 Å². The number of pyridine rings is 1. The highest BCUT2D eigenvalue weighted by Crippen LogP contribution is 2.40. The van der Waals surface area contributed by atoms with Crippen LogP contribution in [0.2, 0.25) is 0 Å². The molecule has 0 spiro atoms. The lowest BCUT2D eigenvalue weighted by Gasteiger charge is -2.25. The Labute approximate surface area is 221 Å². The zero-order valence-corrected chi connectivity index (χ0v) is 21.4. The molecule has 1 fully saturated rings. The molecular formula is C27H22BrFN4O2S. The molecule has 6 nitrogen and oxygen atoms in total. The average Bonchev–Trinajstić information content (AvgIpc) is 3.50. The zero-order chi connectivity index (χ0) is 25.1. The second kappa shape index (κ2) is 10.6. The van der Waals surface area contributed by atoms with Crippen molar-refractivity contribution in [1.29, 1.82) is 0 Å². The topological polar surface area (TPSA) is 70.4 Å². The monoisotopic (exact) mass is 564 g/mol. The third kappa shape index (κ3) is 5.32. The molecule has 2 N–H and O–H groups in total. The minimum absolute atomic E-state index is 0.185. The van der Waals surface area contributed by atoms with Gasteiger partial charge >= 0.3 is 0 Å². The summed E-state index contributed by atoms with van der Waals surface area (Å²) in [6.07, 6.45) is 1.93. The van der Waals surface area contributed by atoms with E-state index in [0.717, 1.165) is 27.3 Å². The highest BCUT2D eigenvalue weighted by molar-refractivity contribution is 9.10. The first-order valence-electron chi connectivity index (χ1n) is 11.4. The molecule has 1 aliphatic heterocycles. The Morgan fingerprint density at radius 3 is 2.58 bits per heavy atom. The molecule has 0 bridgehead atoms. The fourth-order valence-electron chi connectivity index (χ4n) is 4.22. The van der Waals surface area contributed by atoms with E-state index in [-0.39, 0.29) is 30.2 Å². The number of nitrogens with one attached hydrogen (secondary N) is 2. The number of furan rings is 1. The van der Waals surface area contributed by atoms with Crippen molar-refractivity contribution in [2.75, 3.05) is 11.9 Å². The van der Waals surface area contributed by atoms with E-state index in [1.165, 1.54) is 24.3 Å². The number of aromatic nitrogens is 1. The van der Waals surface area contributed by atoms with Crippen LogP contribution in [0.4, 0.5) is 10.1 Å². The van der Waals surface area contributed by atoms with Crippen molar-refractivity contribution >= 4 is 44.9 Å². The Hall–Kier alpha value is -3.56. The number of hydrogen-bond acceptors (Lipinski definition) is 4. The van der Waals surface area contributed by atoms with Crippen molar-refractivity contribution < 1.29 is 13.6 Å². The molecule has 4 aromatic rings. The number of thiocarbonyl (C=S) groups is 1. The number of hydrogen-bond donors (Lipinski definition) is 2. The van der Waals surface area contributed by atoms with E-state index in [1.54, 1.807) is 6.20 Å². The molecule has 36 heavy (non-hydrogen) atoms. The van der Waals surface area contributed by atoms with E-state index in [1.807, 2.05) is 59.5 Å². The van der Waals surface area contributed by atoms with Gasteiger partial charge in [0.15, 0.2) is 5.11 Å². The van der Waals surface area contributed by atoms with Crippen LogP contribution in [0.15, 0.2) is 93.9 Å². The summed E-state index contributed by atoms with van der Waals surface area (Å²) in [4.78, 5) is 19.1. The summed E-state index contributed by atoms with van der Waals surface area (Å²) in [6.45, 7) is 0.362.